The molecule has 0 radical (unpaired) electrons. The maximum atomic E-state index is 5.33. The van der Waals surface area contributed by atoms with Gasteiger partial charge in [0.1, 0.15) is 5.69 Å². The molecular weight excluding hydrogens is 388 g/mol. The van der Waals surface area contributed by atoms with Crippen LogP contribution in [0.2, 0.25) is 0 Å². The molecule has 0 bridgehead atoms. The number of aromatic nitrogens is 3. The fraction of sp³-hybridized carbons (Fsp3) is 0.417. The standard InChI is InChI=1S/C24H32N6O/c1-4-24(5-2,19-12-8-7-9-13-19)18-28-23(25-6-3)27-17-15-21-29-22(31-30-21)20-14-10-11-16-26-20/h7-14,16H,4-6,15,17-18H2,1-3H3,(H2,25,27,28). The molecule has 164 valence electrons. The molecule has 1 aromatic carbocycles. The molecule has 0 fully saturated rings. The molecule has 0 spiro atoms. The lowest BCUT2D eigenvalue weighted by Gasteiger charge is -2.31. The Morgan fingerprint density at radius 1 is 1.00 bits per heavy atom. The van der Waals surface area contributed by atoms with Crippen molar-refractivity contribution in [2.75, 3.05) is 19.6 Å². The van der Waals surface area contributed by atoms with Crippen LogP contribution in [0.15, 0.2) is 64.2 Å². The minimum Gasteiger partial charge on any atom is -0.357 e. The molecule has 31 heavy (non-hydrogen) atoms. The average molecular weight is 421 g/mol. The van der Waals surface area contributed by atoms with Crippen molar-refractivity contribution < 1.29 is 4.52 Å². The predicted octanol–water partition coefficient (Wildman–Crippen LogP) is 3.99. The van der Waals surface area contributed by atoms with E-state index in [4.69, 9.17) is 9.52 Å². The maximum Gasteiger partial charge on any atom is 0.276 e. The molecule has 0 amide bonds. The molecule has 0 aliphatic rings. The molecule has 0 saturated carbocycles. The third-order valence-corrected chi connectivity index (χ3v) is 5.62. The van der Waals surface area contributed by atoms with E-state index in [0.717, 1.165) is 31.9 Å². The van der Waals surface area contributed by atoms with Crippen LogP contribution in [0.25, 0.3) is 11.6 Å². The number of aliphatic imine (C=N–C) groups is 1. The molecule has 2 aromatic heterocycles. The van der Waals surface area contributed by atoms with Gasteiger partial charge < -0.3 is 15.2 Å². The third kappa shape index (κ3) is 5.90. The van der Waals surface area contributed by atoms with E-state index in [1.165, 1.54) is 5.56 Å². The third-order valence-electron chi connectivity index (χ3n) is 5.62. The number of nitrogens with one attached hydrogen (secondary N) is 2. The highest BCUT2D eigenvalue weighted by molar-refractivity contribution is 5.79. The van der Waals surface area contributed by atoms with Gasteiger partial charge in [-0.25, -0.2) is 0 Å². The van der Waals surface area contributed by atoms with Crippen molar-refractivity contribution in [3.05, 3.63) is 66.1 Å². The zero-order valence-electron chi connectivity index (χ0n) is 18.6. The van der Waals surface area contributed by atoms with Gasteiger partial charge in [0, 0.05) is 31.1 Å². The van der Waals surface area contributed by atoms with Gasteiger partial charge in [-0.15, -0.1) is 0 Å². The van der Waals surface area contributed by atoms with Crippen LogP contribution in [0, 0.1) is 0 Å². The predicted molar refractivity (Wildman–Crippen MR) is 124 cm³/mol. The SMILES string of the molecule is CCNC(=NCC(CC)(CC)c1ccccc1)NCCc1noc(-c2ccccn2)n1. The molecule has 2 N–H and O–H groups in total. The Hall–Kier alpha value is -3.22. The first-order valence-corrected chi connectivity index (χ1v) is 11.0. The second-order valence-electron chi connectivity index (χ2n) is 7.46. The Morgan fingerprint density at radius 3 is 2.45 bits per heavy atom. The van der Waals surface area contributed by atoms with Gasteiger partial charge >= 0.3 is 0 Å². The smallest absolute Gasteiger partial charge is 0.276 e. The van der Waals surface area contributed by atoms with Crippen molar-refractivity contribution in [3.8, 4) is 11.6 Å². The zero-order valence-corrected chi connectivity index (χ0v) is 18.6. The minimum absolute atomic E-state index is 0.0366. The first kappa shape index (κ1) is 22.5. The Morgan fingerprint density at radius 2 is 1.77 bits per heavy atom. The molecule has 0 saturated heterocycles. The maximum absolute atomic E-state index is 5.33. The summed E-state index contributed by atoms with van der Waals surface area (Å²) < 4.78 is 5.33. The summed E-state index contributed by atoms with van der Waals surface area (Å²) in [6, 6.07) is 16.3. The summed E-state index contributed by atoms with van der Waals surface area (Å²) in [4.78, 5) is 13.6. The summed E-state index contributed by atoms with van der Waals surface area (Å²) in [5.41, 5.74) is 2.06. The topological polar surface area (TPSA) is 88.2 Å². The number of hydrogen-bond acceptors (Lipinski definition) is 5. The molecule has 2 heterocycles. The second-order valence-corrected chi connectivity index (χ2v) is 7.46. The van der Waals surface area contributed by atoms with Gasteiger partial charge in [0.2, 0.25) is 0 Å². The van der Waals surface area contributed by atoms with E-state index < -0.39 is 0 Å². The number of hydrogen-bond donors (Lipinski definition) is 2. The molecule has 0 unspecified atom stereocenters. The average Bonchev–Trinajstić information content (AvgIpc) is 3.30. The number of benzene rings is 1. The van der Waals surface area contributed by atoms with E-state index in [1.54, 1.807) is 6.20 Å². The van der Waals surface area contributed by atoms with Crippen molar-refractivity contribution in [3.63, 3.8) is 0 Å². The van der Waals surface area contributed by atoms with Gasteiger partial charge in [0.05, 0.1) is 6.54 Å². The van der Waals surface area contributed by atoms with Crippen LogP contribution in [0.4, 0.5) is 0 Å². The minimum atomic E-state index is 0.0366. The Balaban J connectivity index is 1.61. The molecule has 0 atom stereocenters. The molecule has 7 heteroatoms. The fourth-order valence-electron chi connectivity index (χ4n) is 3.58. The lowest BCUT2D eigenvalue weighted by molar-refractivity contribution is 0.406. The van der Waals surface area contributed by atoms with Gasteiger partial charge in [-0.3, -0.25) is 9.98 Å². The van der Waals surface area contributed by atoms with Crippen LogP contribution in [0.3, 0.4) is 0 Å². The highest BCUT2D eigenvalue weighted by atomic mass is 16.5. The highest BCUT2D eigenvalue weighted by Gasteiger charge is 2.28. The molecule has 7 nitrogen and oxygen atoms in total. The lowest BCUT2D eigenvalue weighted by atomic mass is 9.76. The van der Waals surface area contributed by atoms with E-state index in [0.29, 0.717) is 30.4 Å². The monoisotopic (exact) mass is 420 g/mol. The Bertz CT molecular complexity index is 935. The van der Waals surface area contributed by atoms with Crippen molar-refractivity contribution >= 4 is 5.96 Å². The summed E-state index contributed by atoms with van der Waals surface area (Å²) in [6.07, 6.45) is 4.42. The van der Waals surface area contributed by atoms with E-state index in [1.807, 2.05) is 18.2 Å². The van der Waals surface area contributed by atoms with Crippen LogP contribution in [-0.4, -0.2) is 40.7 Å². The van der Waals surface area contributed by atoms with Crippen LogP contribution >= 0.6 is 0 Å². The summed E-state index contributed by atoms with van der Waals surface area (Å²) in [5.74, 6) is 1.89. The van der Waals surface area contributed by atoms with Gasteiger partial charge in [-0.05, 0) is 37.5 Å². The van der Waals surface area contributed by atoms with Crippen LogP contribution in [0.5, 0.6) is 0 Å². The quantitative estimate of drug-likeness (QED) is 0.381. The lowest BCUT2D eigenvalue weighted by Crippen LogP contribution is -2.40. The van der Waals surface area contributed by atoms with E-state index in [9.17, 15) is 0 Å². The fourth-order valence-corrected chi connectivity index (χ4v) is 3.58. The van der Waals surface area contributed by atoms with E-state index >= 15 is 0 Å². The van der Waals surface area contributed by atoms with E-state index in [-0.39, 0.29) is 5.41 Å². The molecule has 0 aliphatic heterocycles. The number of rotatable bonds is 10. The molecule has 3 aromatic rings. The number of nitrogens with zero attached hydrogens (tertiary/aromatic N) is 4. The summed E-state index contributed by atoms with van der Waals surface area (Å²) in [7, 11) is 0. The van der Waals surface area contributed by atoms with Crippen LogP contribution in [0.1, 0.15) is 45.0 Å². The van der Waals surface area contributed by atoms with Gasteiger partial charge in [-0.1, -0.05) is 55.4 Å². The zero-order chi connectivity index (χ0) is 21.9. The largest absolute Gasteiger partial charge is 0.357 e. The number of pyridine rings is 1. The first-order chi connectivity index (χ1) is 15.2. The second kappa shape index (κ2) is 11.2. The normalized spacial score (nSPS) is 12.0. The summed E-state index contributed by atoms with van der Waals surface area (Å²) in [5, 5.41) is 10.8. The first-order valence-electron chi connectivity index (χ1n) is 11.0. The van der Waals surface area contributed by atoms with Crippen molar-refractivity contribution in [1.82, 2.24) is 25.8 Å². The van der Waals surface area contributed by atoms with Crippen molar-refractivity contribution in [2.24, 2.45) is 4.99 Å². The summed E-state index contributed by atoms with van der Waals surface area (Å²) in [6.45, 7) is 8.73. The number of guanidine groups is 1. The highest BCUT2D eigenvalue weighted by Crippen LogP contribution is 2.31. The van der Waals surface area contributed by atoms with Gasteiger partial charge in [0.15, 0.2) is 11.8 Å². The van der Waals surface area contributed by atoms with Crippen LogP contribution in [-0.2, 0) is 11.8 Å². The van der Waals surface area contributed by atoms with Crippen LogP contribution < -0.4 is 10.6 Å². The molecule has 0 aliphatic carbocycles. The van der Waals surface area contributed by atoms with E-state index in [2.05, 4.69) is 76.9 Å². The van der Waals surface area contributed by atoms with Gasteiger partial charge in [0.25, 0.3) is 5.89 Å². The molecular formula is C24H32N6O. The van der Waals surface area contributed by atoms with Crippen molar-refractivity contribution in [2.45, 2.75) is 45.4 Å². The Labute approximate surface area is 184 Å². The molecule has 3 rings (SSSR count). The Kier molecular flexibility index (Phi) is 8.15. The van der Waals surface area contributed by atoms with Crippen molar-refractivity contribution in [1.29, 1.82) is 0 Å². The van der Waals surface area contributed by atoms with Gasteiger partial charge in [-0.2, -0.15) is 4.98 Å². The summed E-state index contributed by atoms with van der Waals surface area (Å²) >= 11 is 0.